The van der Waals surface area contributed by atoms with E-state index in [4.69, 9.17) is 20.4 Å². The van der Waals surface area contributed by atoms with Crippen molar-refractivity contribution in [3.05, 3.63) is 33.5 Å². The lowest BCUT2D eigenvalue weighted by Crippen LogP contribution is -2.40. The maximum atomic E-state index is 14.7. The molecule has 2 heterocycles. The summed E-state index contributed by atoms with van der Waals surface area (Å²) in [5.74, 6) is 1.30. The standard InChI is InChI=1S/C21H31FNO8P/c1-7-13-16(12(22)10-15(24)23-13)18-19(29-6)17(25)14(30-18)11-20(4,8-2)31-32(27,28)21(5,26)9-3/h1,10,14,17-19,25-26H,8-9,11H2,2-6H3,(H,23,24)(H,27,28). The van der Waals surface area contributed by atoms with Gasteiger partial charge in [0.15, 0.2) is 5.34 Å². The Hall–Kier alpha value is -1.57. The number of rotatable bonds is 9. The summed E-state index contributed by atoms with van der Waals surface area (Å²) in [7, 11) is -3.16. The predicted octanol–water partition coefficient (Wildman–Crippen LogP) is 2.19. The van der Waals surface area contributed by atoms with Crippen molar-refractivity contribution in [2.24, 2.45) is 0 Å². The molecule has 180 valence electrons. The van der Waals surface area contributed by atoms with Gasteiger partial charge in [-0.2, -0.15) is 0 Å². The van der Waals surface area contributed by atoms with E-state index in [0.717, 1.165) is 6.07 Å². The highest BCUT2D eigenvalue weighted by molar-refractivity contribution is 7.54. The van der Waals surface area contributed by atoms with Crippen LogP contribution in [0.3, 0.4) is 0 Å². The fourth-order valence-corrected chi connectivity index (χ4v) is 5.00. The van der Waals surface area contributed by atoms with Crippen LogP contribution in [0.4, 0.5) is 4.39 Å². The SMILES string of the molecule is C#Cc1[nH]c(=O)cc(F)c1C1OC(CC(C)(CC)OP(=O)(O)C(C)(O)CC)C(O)C1OC. The van der Waals surface area contributed by atoms with Crippen LogP contribution in [0.2, 0.25) is 0 Å². The van der Waals surface area contributed by atoms with E-state index in [2.05, 4.69) is 10.9 Å². The first-order valence-electron chi connectivity index (χ1n) is 10.3. The molecule has 9 nitrogen and oxygen atoms in total. The second-order valence-corrected chi connectivity index (χ2v) is 10.6. The molecule has 1 aromatic heterocycles. The smallest absolute Gasteiger partial charge is 0.359 e. The van der Waals surface area contributed by atoms with Crippen molar-refractivity contribution in [1.29, 1.82) is 0 Å². The minimum Gasteiger partial charge on any atom is -0.388 e. The number of terminal acetylenes is 1. The Kier molecular flexibility index (Phi) is 8.12. The number of pyridine rings is 1. The molecule has 0 aromatic carbocycles. The third-order valence-electron chi connectivity index (χ3n) is 6.07. The van der Waals surface area contributed by atoms with Gasteiger partial charge in [-0.15, -0.1) is 6.42 Å². The van der Waals surface area contributed by atoms with Gasteiger partial charge in [0.05, 0.1) is 17.3 Å². The zero-order valence-electron chi connectivity index (χ0n) is 18.8. The van der Waals surface area contributed by atoms with E-state index in [-0.39, 0.29) is 30.5 Å². The van der Waals surface area contributed by atoms with Crippen molar-refractivity contribution in [3.63, 3.8) is 0 Å². The summed E-state index contributed by atoms with van der Waals surface area (Å²) in [5, 5.41) is 19.1. The van der Waals surface area contributed by atoms with Gasteiger partial charge in [0.1, 0.15) is 29.8 Å². The number of ether oxygens (including phenoxy) is 2. The monoisotopic (exact) mass is 475 g/mol. The largest absolute Gasteiger partial charge is 0.388 e. The van der Waals surface area contributed by atoms with E-state index in [1.165, 1.54) is 14.0 Å². The minimum atomic E-state index is -4.47. The van der Waals surface area contributed by atoms with Crippen LogP contribution in [0.1, 0.15) is 64.3 Å². The van der Waals surface area contributed by atoms with Gasteiger partial charge in [0.2, 0.25) is 0 Å². The first-order valence-corrected chi connectivity index (χ1v) is 11.8. The maximum Gasteiger partial charge on any atom is 0.359 e. The second-order valence-electron chi connectivity index (χ2n) is 8.39. The number of nitrogens with one attached hydrogen (secondary N) is 1. The maximum absolute atomic E-state index is 14.7. The Bertz CT molecular complexity index is 974. The number of aromatic amines is 1. The molecule has 7 unspecified atom stereocenters. The molecule has 0 spiro atoms. The molecule has 1 saturated heterocycles. The molecular weight excluding hydrogens is 444 g/mol. The van der Waals surface area contributed by atoms with Crippen molar-refractivity contribution < 1.29 is 38.1 Å². The summed E-state index contributed by atoms with van der Waals surface area (Å²) < 4.78 is 44.1. The normalized spacial score (nSPS) is 29.0. The van der Waals surface area contributed by atoms with E-state index in [1.54, 1.807) is 20.8 Å². The molecule has 0 aliphatic carbocycles. The molecule has 7 atom stereocenters. The van der Waals surface area contributed by atoms with Crippen molar-refractivity contribution >= 4 is 7.60 Å². The van der Waals surface area contributed by atoms with E-state index in [0.29, 0.717) is 0 Å². The van der Waals surface area contributed by atoms with Gasteiger partial charge < -0.3 is 34.1 Å². The van der Waals surface area contributed by atoms with Crippen LogP contribution in [-0.4, -0.2) is 56.5 Å². The van der Waals surface area contributed by atoms with Gasteiger partial charge in [0.25, 0.3) is 5.56 Å². The molecular formula is C21H31FNO8P. The molecule has 32 heavy (non-hydrogen) atoms. The topological polar surface area (TPSA) is 138 Å². The van der Waals surface area contributed by atoms with Crippen molar-refractivity contribution in [3.8, 4) is 12.3 Å². The number of H-pyrrole nitrogens is 1. The third kappa shape index (κ3) is 5.15. The van der Waals surface area contributed by atoms with E-state index in [9.17, 15) is 28.9 Å². The molecule has 0 amide bonds. The van der Waals surface area contributed by atoms with Crippen LogP contribution in [0.25, 0.3) is 0 Å². The Morgan fingerprint density at radius 2 is 2.00 bits per heavy atom. The number of halogens is 1. The third-order valence-corrected chi connectivity index (χ3v) is 8.30. The lowest BCUT2D eigenvalue weighted by atomic mass is 9.92. The van der Waals surface area contributed by atoms with Crippen LogP contribution in [0.15, 0.2) is 10.9 Å². The minimum absolute atomic E-state index is 0.0166. The van der Waals surface area contributed by atoms with Crippen LogP contribution >= 0.6 is 7.60 Å². The number of methoxy groups -OCH3 is 1. The molecule has 1 aliphatic rings. The lowest BCUT2D eigenvalue weighted by molar-refractivity contribution is -0.0536. The number of hydrogen-bond donors (Lipinski definition) is 4. The molecule has 1 aromatic rings. The van der Waals surface area contributed by atoms with Crippen LogP contribution in [-0.2, 0) is 18.6 Å². The van der Waals surface area contributed by atoms with Crippen molar-refractivity contribution in [1.82, 2.24) is 4.98 Å². The van der Waals surface area contributed by atoms with Gasteiger partial charge in [-0.1, -0.05) is 19.8 Å². The first-order chi connectivity index (χ1) is 14.8. The fourth-order valence-electron chi connectivity index (χ4n) is 3.60. The quantitative estimate of drug-likeness (QED) is 0.315. The molecule has 11 heteroatoms. The molecule has 0 saturated carbocycles. The van der Waals surface area contributed by atoms with E-state index >= 15 is 0 Å². The highest BCUT2D eigenvalue weighted by atomic mass is 31.2. The highest BCUT2D eigenvalue weighted by Gasteiger charge is 2.51. The molecule has 4 N–H and O–H groups in total. The first kappa shape index (κ1) is 26.7. The highest BCUT2D eigenvalue weighted by Crippen LogP contribution is 2.59. The summed E-state index contributed by atoms with van der Waals surface area (Å²) in [5.41, 5.74) is -2.28. The van der Waals surface area contributed by atoms with E-state index < -0.39 is 54.3 Å². The Balaban J connectivity index is 2.37. The van der Waals surface area contributed by atoms with Gasteiger partial charge in [-0.05, 0) is 26.7 Å². The van der Waals surface area contributed by atoms with Crippen molar-refractivity contribution in [2.75, 3.05) is 7.11 Å². The van der Waals surface area contributed by atoms with Crippen LogP contribution in [0.5, 0.6) is 0 Å². The molecule has 0 bridgehead atoms. The predicted molar refractivity (Wildman–Crippen MR) is 115 cm³/mol. The average Bonchev–Trinajstić information content (AvgIpc) is 3.01. The fraction of sp³-hybridized carbons (Fsp3) is 0.667. The summed E-state index contributed by atoms with van der Waals surface area (Å²) in [6.45, 7) is 6.03. The van der Waals surface area contributed by atoms with Gasteiger partial charge in [0, 0.05) is 19.6 Å². The number of aliphatic hydroxyl groups is 2. The Morgan fingerprint density at radius 3 is 2.50 bits per heavy atom. The molecule has 1 fully saturated rings. The van der Waals surface area contributed by atoms with Gasteiger partial charge >= 0.3 is 7.60 Å². The number of hydrogen-bond acceptors (Lipinski definition) is 7. The van der Waals surface area contributed by atoms with E-state index in [1.807, 2.05) is 0 Å². The van der Waals surface area contributed by atoms with Gasteiger partial charge in [-0.3, -0.25) is 9.36 Å². The molecule has 2 rings (SSSR count). The zero-order chi connectivity index (χ0) is 24.5. The van der Waals surface area contributed by atoms with Crippen LogP contribution in [0, 0.1) is 18.2 Å². The summed E-state index contributed by atoms with van der Waals surface area (Å²) in [4.78, 5) is 24.3. The Morgan fingerprint density at radius 1 is 1.38 bits per heavy atom. The average molecular weight is 475 g/mol. The number of aromatic nitrogens is 1. The summed E-state index contributed by atoms with van der Waals surface area (Å²) >= 11 is 0. The molecule has 0 radical (unpaired) electrons. The Labute approximate surface area is 186 Å². The van der Waals surface area contributed by atoms with Crippen LogP contribution < -0.4 is 5.56 Å². The van der Waals surface area contributed by atoms with Crippen molar-refractivity contribution in [2.45, 2.75) is 82.3 Å². The number of aliphatic hydroxyl groups excluding tert-OH is 1. The van der Waals surface area contributed by atoms with Gasteiger partial charge in [-0.25, -0.2) is 4.39 Å². The summed E-state index contributed by atoms with van der Waals surface area (Å²) in [6, 6.07) is 0.722. The second kappa shape index (κ2) is 9.74. The lowest BCUT2D eigenvalue weighted by Gasteiger charge is -2.37. The zero-order valence-corrected chi connectivity index (χ0v) is 19.7. The summed E-state index contributed by atoms with van der Waals surface area (Å²) in [6.07, 6.45) is 1.14. The molecule has 1 aliphatic heterocycles.